The number of carboxylic acid groups (broad SMARTS) is 1. The molecule has 0 fully saturated rings. The number of carboxylic acids is 1. The summed E-state index contributed by atoms with van der Waals surface area (Å²) in [6.07, 6.45) is -5.41. The van der Waals surface area contributed by atoms with Gasteiger partial charge in [0, 0.05) is 16.8 Å². The van der Waals surface area contributed by atoms with Crippen molar-refractivity contribution >= 4 is 34.7 Å². The zero-order chi connectivity index (χ0) is 27.7. The lowest BCUT2D eigenvalue weighted by Gasteiger charge is -2.17. The molecular formula is C29H20F3N3O4. The normalized spacial score (nSPS) is 14.0. The van der Waals surface area contributed by atoms with E-state index < -0.39 is 24.5 Å². The Hall–Kier alpha value is -5.12. The van der Waals surface area contributed by atoms with Crippen LogP contribution >= 0.6 is 0 Å². The number of halogens is 3. The number of alkyl halides is 3. The largest absolute Gasteiger partial charge is 0.505 e. The maximum absolute atomic E-state index is 13.4. The van der Waals surface area contributed by atoms with E-state index in [1.54, 1.807) is 54.6 Å². The number of phenolic OH excluding ortho intramolecular Hbond substituents is 1. The van der Waals surface area contributed by atoms with Gasteiger partial charge in [0.2, 0.25) is 0 Å². The van der Waals surface area contributed by atoms with Crippen LogP contribution in [0.5, 0.6) is 5.75 Å². The SMILES string of the molecule is O=C(O)c1cccc(-c2cccc(N/N=C3\C(=O)N(c4ccc(CC(F)(F)F)cc4)c4ccccc43)c2O)c1. The number of benzene rings is 4. The third-order valence-electron chi connectivity index (χ3n) is 6.15. The number of nitrogens with one attached hydrogen (secondary N) is 1. The number of nitrogens with zero attached hydrogens (tertiary/aromatic N) is 2. The van der Waals surface area contributed by atoms with Crippen LogP contribution in [0, 0.1) is 0 Å². The third-order valence-corrected chi connectivity index (χ3v) is 6.15. The predicted molar refractivity (Wildman–Crippen MR) is 140 cm³/mol. The van der Waals surface area contributed by atoms with Gasteiger partial charge in [0.15, 0.2) is 5.71 Å². The molecule has 1 aliphatic heterocycles. The van der Waals surface area contributed by atoms with Crippen LogP contribution in [0.1, 0.15) is 21.5 Å². The number of phenols is 1. The molecule has 39 heavy (non-hydrogen) atoms. The van der Waals surface area contributed by atoms with E-state index in [1.165, 1.54) is 41.3 Å². The summed E-state index contributed by atoms with van der Waals surface area (Å²) in [6.45, 7) is 0. The smallest absolute Gasteiger partial charge is 0.393 e. The highest BCUT2D eigenvalue weighted by Gasteiger charge is 2.35. The van der Waals surface area contributed by atoms with Crippen LogP contribution in [0.25, 0.3) is 11.1 Å². The first kappa shape index (κ1) is 25.5. The molecule has 5 rings (SSSR count). The van der Waals surface area contributed by atoms with Crippen molar-refractivity contribution in [3.8, 4) is 16.9 Å². The van der Waals surface area contributed by atoms with Crippen LogP contribution in [-0.4, -0.2) is 34.0 Å². The van der Waals surface area contributed by atoms with E-state index in [0.717, 1.165) is 0 Å². The highest BCUT2D eigenvalue weighted by molar-refractivity contribution is 6.55. The number of hydrogen-bond acceptors (Lipinski definition) is 5. The number of para-hydroxylation sites is 2. The van der Waals surface area contributed by atoms with Crippen LogP contribution in [0.2, 0.25) is 0 Å². The summed E-state index contributed by atoms with van der Waals surface area (Å²) >= 11 is 0. The van der Waals surface area contributed by atoms with Gasteiger partial charge in [-0.15, -0.1) is 0 Å². The zero-order valence-corrected chi connectivity index (χ0v) is 20.1. The number of carbonyl (C=O) groups excluding carboxylic acids is 1. The lowest BCUT2D eigenvalue weighted by Crippen LogP contribution is -2.26. The minimum atomic E-state index is -4.34. The average molecular weight is 531 g/mol. The van der Waals surface area contributed by atoms with E-state index in [1.807, 2.05) is 0 Å². The summed E-state index contributed by atoms with van der Waals surface area (Å²) in [7, 11) is 0. The molecule has 196 valence electrons. The Morgan fingerprint density at radius 2 is 1.59 bits per heavy atom. The number of hydrazone groups is 1. The van der Waals surface area contributed by atoms with Crippen LogP contribution < -0.4 is 10.3 Å². The fraction of sp³-hybridized carbons (Fsp3) is 0.0690. The molecule has 0 unspecified atom stereocenters. The van der Waals surface area contributed by atoms with E-state index >= 15 is 0 Å². The first-order valence-electron chi connectivity index (χ1n) is 11.7. The van der Waals surface area contributed by atoms with Crippen molar-refractivity contribution < 1.29 is 33.0 Å². The molecule has 0 aromatic heterocycles. The van der Waals surface area contributed by atoms with E-state index in [4.69, 9.17) is 0 Å². The molecule has 1 amide bonds. The van der Waals surface area contributed by atoms with Crippen LogP contribution in [-0.2, 0) is 11.2 Å². The van der Waals surface area contributed by atoms with Gasteiger partial charge in [0.1, 0.15) is 5.75 Å². The molecule has 0 atom stereocenters. The van der Waals surface area contributed by atoms with Gasteiger partial charge in [-0.25, -0.2) is 4.79 Å². The minimum absolute atomic E-state index is 0.0441. The molecule has 4 aromatic rings. The molecule has 4 aromatic carbocycles. The minimum Gasteiger partial charge on any atom is -0.505 e. The van der Waals surface area contributed by atoms with E-state index in [-0.39, 0.29) is 28.3 Å². The van der Waals surface area contributed by atoms with Crippen molar-refractivity contribution in [2.45, 2.75) is 12.6 Å². The summed E-state index contributed by atoms with van der Waals surface area (Å²) < 4.78 is 38.2. The van der Waals surface area contributed by atoms with E-state index in [0.29, 0.717) is 28.1 Å². The van der Waals surface area contributed by atoms with Crippen LogP contribution in [0.3, 0.4) is 0 Å². The fourth-order valence-electron chi connectivity index (χ4n) is 4.36. The van der Waals surface area contributed by atoms with Crippen molar-refractivity contribution in [2.24, 2.45) is 5.10 Å². The van der Waals surface area contributed by atoms with E-state index in [2.05, 4.69) is 10.5 Å². The highest BCUT2D eigenvalue weighted by Crippen LogP contribution is 2.38. The highest BCUT2D eigenvalue weighted by atomic mass is 19.4. The topological polar surface area (TPSA) is 102 Å². The fourth-order valence-corrected chi connectivity index (χ4v) is 4.36. The predicted octanol–water partition coefficient (Wildman–Crippen LogP) is 6.36. The van der Waals surface area contributed by atoms with Crippen LogP contribution in [0.4, 0.5) is 30.2 Å². The molecule has 0 aliphatic carbocycles. The molecule has 1 heterocycles. The molecule has 0 bridgehead atoms. The van der Waals surface area contributed by atoms with Gasteiger partial charge < -0.3 is 10.2 Å². The van der Waals surface area contributed by atoms with Crippen molar-refractivity contribution in [1.29, 1.82) is 0 Å². The van der Waals surface area contributed by atoms with Crippen molar-refractivity contribution in [1.82, 2.24) is 0 Å². The lowest BCUT2D eigenvalue weighted by atomic mass is 10.0. The van der Waals surface area contributed by atoms with Crippen LogP contribution in [0.15, 0.2) is 96.1 Å². The molecule has 3 N–H and O–H groups in total. The molecule has 0 radical (unpaired) electrons. The molecular weight excluding hydrogens is 511 g/mol. The summed E-state index contributed by atoms with van der Waals surface area (Å²) in [5.41, 5.74) is 5.32. The summed E-state index contributed by atoms with van der Waals surface area (Å²) in [5, 5.41) is 24.4. The zero-order valence-electron chi connectivity index (χ0n) is 20.1. The van der Waals surface area contributed by atoms with Gasteiger partial charge in [-0.3, -0.25) is 15.1 Å². The summed E-state index contributed by atoms with van der Waals surface area (Å²) in [5.74, 6) is -1.80. The number of amides is 1. The maximum Gasteiger partial charge on any atom is 0.393 e. The number of hydrogen-bond donors (Lipinski definition) is 3. The Labute approximate surface area is 220 Å². The second-order valence-electron chi connectivity index (χ2n) is 8.78. The first-order valence-corrected chi connectivity index (χ1v) is 11.7. The van der Waals surface area contributed by atoms with Gasteiger partial charge >= 0.3 is 12.1 Å². The van der Waals surface area contributed by atoms with Gasteiger partial charge in [-0.2, -0.15) is 18.3 Å². The Morgan fingerprint density at radius 3 is 2.31 bits per heavy atom. The van der Waals surface area contributed by atoms with E-state index in [9.17, 15) is 33.0 Å². The van der Waals surface area contributed by atoms with Gasteiger partial charge in [-0.1, -0.05) is 54.6 Å². The Bertz CT molecular complexity index is 1620. The maximum atomic E-state index is 13.4. The second kappa shape index (κ2) is 9.97. The van der Waals surface area contributed by atoms with Gasteiger partial charge in [-0.05, 0) is 47.5 Å². The van der Waals surface area contributed by atoms with Crippen molar-refractivity contribution in [2.75, 3.05) is 10.3 Å². The molecule has 0 saturated heterocycles. The summed E-state index contributed by atoms with van der Waals surface area (Å²) in [4.78, 5) is 26.1. The Morgan fingerprint density at radius 1 is 0.897 bits per heavy atom. The standard InChI is InChI=1S/C29H20F3N3O4/c30-29(31,32)16-17-11-13-20(14-12-17)35-24-10-2-1-7-22(24)25(27(35)37)34-33-23-9-4-8-21(26(23)36)18-5-3-6-19(15-18)28(38)39/h1-15,33,36H,16H2,(H,38,39)/b34-25-. The monoisotopic (exact) mass is 531 g/mol. The second-order valence-corrected chi connectivity index (χ2v) is 8.78. The average Bonchev–Trinajstić information content (AvgIpc) is 3.18. The van der Waals surface area contributed by atoms with Gasteiger partial charge in [0.25, 0.3) is 5.91 Å². The number of fused-ring (bicyclic) bond motifs is 1. The van der Waals surface area contributed by atoms with Crippen molar-refractivity contribution in [3.05, 3.63) is 108 Å². The number of anilines is 3. The summed E-state index contributed by atoms with van der Waals surface area (Å²) in [6, 6.07) is 23.3. The molecule has 0 spiro atoms. The first-order chi connectivity index (χ1) is 18.6. The number of aromatic hydroxyl groups is 1. The number of aromatic carboxylic acids is 1. The Balaban J connectivity index is 1.45. The quantitative estimate of drug-likeness (QED) is 0.199. The number of rotatable bonds is 6. The molecule has 10 heteroatoms. The molecule has 7 nitrogen and oxygen atoms in total. The number of carbonyl (C=O) groups is 2. The Kier molecular flexibility index (Phi) is 6.53. The van der Waals surface area contributed by atoms with Crippen molar-refractivity contribution in [3.63, 3.8) is 0 Å². The molecule has 0 saturated carbocycles. The third kappa shape index (κ3) is 5.17. The molecule has 1 aliphatic rings. The lowest BCUT2D eigenvalue weighted by molar-refractivity contribution is -0.127. The van der Waals surface area contributed by atoms with Gasteiger partial charge in [0.05, 0.1) is 23.4 Å².